The Hall–Kier alpha value is -1.20. The zero-order valence-electron chi connectivity index (χ0n) is 13.5. The van der Waals surface area contributed by atoms with Gasteiger partial charge in [0.05, 0.1) is 6.04 Å². The van der Waals surface area contributed by atoms with Gasteiger partial charge in [-0.3, -0.25) is 0 Å². The highest BCUT2D eigenvalue weighted by atomic mass is 32.2. The van der Waals surface area contributed by atoms with E-state index in [0.29, 0.717) is 0 Å². The lowest BCUT2D eigenvalue weighted by Crippen LogP contribution is -2.43. The van der Waals surface area contributed by atoms with Crippen molar-refractivity contribution in [2.75, 3.05) is 46.2 Å². The number of nitrogens with zero attached hydrogens (tertiary/aromatic N) is 2. The molecule has 0 aromatic heterocycles. The lowest BCUT2D eigenvalue weighted by Gasteiger charge is -2.31. The van der Waals surface area contributed by atoms with Crippen molar-refractivity contribution in [1.82, 2.24) is 15.1 Å². The van der Waals surface area contributed by atoms with Gasteiger partial charge in [-0.1, -0.05) is 30.3 Å². The molecule has 4 nitrogen and oxygen atoms in total. The monoisotopic (exact) mass is 309 g/mol. The highest BCUT2D eigenvalue weighted by Gasteiger charge is 2.21. The topological polar surface area (TPSA) is 35.6 Å². The zero-order chi connectivity index (χ0) is 15.7. The van der Waals surface area contributed by atoms with Crippen LogP contribution in [0.2, 0.25) is 0 Å². The van der Waals surface area contributed by atoms with Crippen LogP contribution in [0.3, 0.4) is 0 Å². The first-order valence-electron chi connectivity index (χ1n) is 7.25. The summed E-state index contributed by atoms with van der Waals surface area (Å²) in [5, 5.41) is 3.00. The highest BCUT2D eigenvalue weighted by molar-refractivity contribution is 7.98. The van der Waals surface area contributed by atoms with Gasteiger partial charge >= 0.3 is 6.03 Å². The number of urea groups is 1. The fraction of sp³-hybridized carbons (Fsp3) is 0.562. The van der Waals surface area contributed by atoms with Crippen molar-refractivity contribution in [3.63, 3.8) is 0 Å². The van der Waals surface area contributed by atoms with E-state index in [9.17, 15) is 4.79 Å². The molecule has 0 bridgehead atoms. The van der Waals surface area contributed by atoms with Crippen LogP contribution in [0.25, 0.3) is 0 Å². The van der Waals surface area contributed by atoms with Crippen molar-refractivity contribution in [2.45, 2.75) is 12.5 Å². The zero-order valence-corrected chi connectivity index (χ0v) is 14.3. The molecule has 1 aromatic carbocycles. The molecule has 0 radical (unpaired) electrons. The van der Waals surface area contributed by atoms with Crippen molar-refractivity contribution < 1.29 is 4.79 Å². The van der Waals surface area contributed by atoms with Gasteiger partial charge in [-0.2, -0.15) is 11.8 Å². The molecule has 0 unspecified atom stereocenters. The van der Waals surface area contributed by atoms with Gasteiger partial charge in [0.15, 0.2) is 0 Å². The lowest BCUT2D eigenvalue weighted by atomic mass is 10.1. The number of carbonyl (C=O) groups excluding carboxylic acids is 1. The van der Waals surface area contributed by atoms with Crippen LogP contribution in [0.1, 0.15) is 18.0 Å². The Bertz CT molecular complexity index is 411. The predicted molar refractivity (Wildman–Crippen MR) is 91.9 cm³/mol. The van der Waals surface area contributed by atoms with E-state index in [2.05, 4.69) is 28.6 Å². The van der Waals surface area contributed by atoms with Gasteiger partial charge < -0.3 is 15.1 Å². The first-order chi connectivity index (χ1) is 10.1. The minimum absolute atomic E-state index is 0.00759. The summed E-state index contributed by atoms with van der Waals surface area (Å²) < 4.78 is 0. The van der Waals surface area contributed by atoms with Gasteiger partial charge in [0.25, 0.3) is 0 Å². The molecule has 2 amide bonds. The molecular formula is C16H27N3OS. The minimum atomic E-state index is -0.00759. The first kappa shape index (κ1) is 17.9. The van der Waals surface area contributed by atoms with Gasteiger partial charge in [0.1, 0.15) is 0 Å². The Morgan fingerprint density at radius 3 is 2.48 bits per heavy atom. The van der Waals surface area contributed by atoms with Crippen LogP contribution in [0.4, 0.5) is 4.79 Å². The Balaban J connectivity index is 2.67. The quantitative estimate of drug-likeness (QED) is 0.750. The van der Waals surface area contributed by atoms with Crippen molar-refractivity contribution in [2.24, 2.45) is 0 Å². The molecule has 0 fully saturated rings. The molecule has 1 N–H and O–H groups in total. The number of nitrogens with one attached hydrogen (secondary N) is 1. The van der Waals surface area contributed by atoms with Crippen molar-refractivity contribution in [3.8, 4) is 0 Å². The summed E-state index contributed by atoms with van der Waals surface area (Å²) in [6.45, 7) is 1.53. The summed E-state index contributed by atoms with van der Waals surface area (Å²) in [4.78, 5) is 16.2. The molecule has 0 heterocycles. The maximum Gasteiger partial charge on any atom is 0.317 e. The molecule has 0 aliphatic heterocycles. The van der Waals surface area contributed by atoms with E-state index < -0.39 is 0 Å². The first-order valence-corrected chi connectivity index (χ1v) is 8.65. The standard InChI is InChI=1S/C16H27N3OS/c1-18(2)13-15(14-9-6-5-7-10-14)19(3)16(20)17-11-8-12-21-4/h5-7,9-10,15H,8,11-13H2,1-4H3,(H,17,20)/t15-/m1/s1. The molecule has 1 rings (SSSR count). The maximum absolute atomic E-state index is 12.3. The fourth-order valence-corrected chi connectivity index (χ4v) is 2.58. The van der Waals surface area contributed by atoms with Crippen LogP contribution in [0.15, 0.2) is 30.3 Å². The van der Waals surface area contributed by atoms with E-state index in [1.165, 1.54) is 0 Å². The summed E-state index contributed by atoms with van der Waals surface area (Å²) in [6.07, 6.45) is 3.08. The highest BCUT2D eigenvalue weighted by Crippen LogP contribution is 2.19. The van der Waals surface area contributed by atoms with Gasteiger partial charge in [-0.05, 0) is 38.1 Å². The third-order valence-corrected chi connectivity index (χ3v) is 4.01. The number of rotatable bonds is 8. The number of benzene rings is 1. The van der Waals surface area contributed by atoms with Crippen LogP contribution < -0.4 is 5.32 Å². The van der Waals surface area contributed by atoms with Crippen LogP contribution in [0, 0.1) is 0 Å². The number of amides is 2. The van der Waals surface area contributed by atoms with E-state index in [-0.39, 0.29) is 12.1 Å². The van der Waals surface area contributed by atoms with Crippen LogP contribution >= 0.6 is 11.8 Å². The molecule has 0 aliphatic rings. The third-order valence-electron chi connectivity index (χ3n) is 3.31. The van der Waals surface area contributed by atoms with Crippen molar-refractivity contribution in [3.05, 3.63) is 35.9 Å². The second-order valence-corrected chi connectivity index (χ2v) is 6.36. The Morgan fingerprint density at radius 2 is 1.90 bits per heavy atom. The number of hydrogen-bond acceptors (Lipinski definition) is 3. The van der Waals surface area contributed by atoms with Crippen LogP contribution in [0.5, 0.6) is 0 Å². The molecule has 118 valence electrons. The summed E-state index contributed by atoms with van der Waals surface area (Å²) in [7, 11) is 5.92. The second-order valence-electron chi connectivity index (χ2n) is 5.38. The van der Waals surface area contributed by atoms with Crippen LogP contribution in [-0.4, -0.2) is 62.1 Å². The van der Waals surface area contributed by atoms with Gasteiger partial charge in [-0.25, -0.2) is 4.79 Å². The Kier molecular flexibility index (Phi) is 8.23. The summed E-state index contributed by atoms with van der Waals surface area (Å²) in [5.74, 6) is 1.07. The molecule has 1 aromatic rings. The van der Waals surface area contributed by atoms with Gasteiger partial charge in [0.2, 0.25) is 0 Å². The average Bonchev–Trinajstić information content (AvgIpc) is 2.49. The Morgan fingerprint density at radius 1 is 1.24 bits per heavy atom. The van der Waals surface area contributed by atoms with E-state index in [1.54, 1.807) is 16.7 Å². The molecule has 0 aliphatic carbocycles. The molecular weight excluding hydrogens is 282 g/mol. The molecule has 0 spiro atoms. The third kappa shape index (κ3) is 6.40. The normalized spacial score (nSPS) is 12.2. The number of carbonyl (C=O) groups is 1. The Labute approximate surface area is 132 Å². The number of thioether (sulfide) groups is 1. The van der Waals surface area contributed by atoms with E-state index in [1.807, 2.05) is 39.3 Å². The molecule has 5 heteroatoms. The van der Waals surface area contributed by atoms with Crippen molar-refractivity contribution in [1.29, 1.82) is 0 Å². The molecule has 0 saturated heterocycles. The van der Waals surface area contributed by atoms with Crippen LogP contribution in [-0.2, 0) is 0 Å². The lowest BCUT2D eigenvalue weighted by molar-refractivity contribution is 0.176. The number of hydrogen-bond donors (Lipinski definition) is 1. The SMILES string of the molecule is CSCCCNC(=O)N(C)[C@H](CN(C)C)c1ccccc1. The van der Waals surface area contributed by atoms with Crippen molar-refractivity contribution >= 4 is 17.8 Å². The maximum atomic E-state index is 12.3. The molecule has 1 atom stereocenters. The van der Waals surface area contributed by atoms with E-state index in [0.717, 1.165) is 30.8 Å². The summed E-state index contributed by atoms with van der Waals surface area (Å²) in [5.41, 5.74) is 1.16. The fourth-order valence-electron chi connectivity index (χ4n) is 2.15. The smallest absolute Gasteiger partial charge is 0.317 e. The average molecular weight is 309 g/mol. The summed E-state index contributed by atoms with van der Waals surface area (Å²) >= 11 is 1.80. The molecule has 0 saturated carbocycles. The van der Waals surface area contributed by atoms with Gasteiger partial charge in [-0.15, -0.1) is 0 Å². The predicted octanol–water partition coefficient (Wildman–Crippen LogP) is 2.68. The largest absolute Gasteiger partial charge is 0.338 e. The molecule has 21 heavy (non-hydrogen) atoms. The number of likely N-dealkylation sites (N-methyl/N-ethyl adjacent to an activating group) is 2. The summed E-state index contributed by atoms with van der Waals surface area (Å²) in [6, 6.07) is 10.2. The second kappa shape index (κ2) is 9.68. The van der Waals surface area contributed by atoms with E-state index in [4.69, 9.17) is 0 Å². The van der Waals surface area contributed by atoms with E-state index >= 15 is 0 Å². The minimum Gasteiger partial charge on any atom is -0.338 e. The van der Waals surface area contributed by atoms with Gasteiger partial charge in [0, 0.05) is 20.1 Å².